The molecule has 1 aromatic carbocycles. The van der Waals surface area contributed by atoms with E-state index in [0.29, 0.717) is 31.1 Å². The van der Waals surface area contributed by atoms with Crippen LogP contribution in [0.25, 0.3) is 0 Å². The molecular weight excluding hydrogens is 338 g/mol. The van der Waals surface area contributed by atoms with Gasteiger partial charge in [0.25, 0.3) is 0 Å². The molecule has 0 radical (unpaired) electrons. The van der Waals surface area contributed by atoms with Gasteiger partial charge in [-0.1, -0.05) is 35.9 Å². The van der Waals surface area contributed by atoms with Crippen LogP contribution in [0.5, 0.6) is 0 Å². The molecule has 0 unspecified atom stereocenters. The summed E-state index contributed by atoms with van der Waals surface area (Å²) < 4.78 is 1.70. The van der Waals surface area contributed by atoms with Crippen molar-refractivity contribution in [1.82, 2.24) is 14.7 Å². The summed E-state index contributed by atoms with van der Waals surface area (Å²) in [6.07, 6.45) is 5.76. The fraction of sp³-hybridized carbons (Fsp3) is 0.474. The van der Waals surface area contributed by atoms with Crippen LogP contribution in [-0.2, 0) is 23.2 Å². The highest BCUT2D eigenvalue weighted by Crippen LogP contribution is 2.46. The number of nitrogens with zero attached hydrogens (tertiary/aromatic N) is 3. The Morgan fingerprint density at radius 3 is 2.80 bits per heavy atom. The predicted octanol–water partition coefficient (Wildman–Crippen LogP) is 2.40. The maximum Gasteiger partial charge on any atom is 0.224 e. The normalized spacial score (nSPS) is 21.5. The molecule has 2 aromatic rings. The second kappa shape index (κ2) is 6.46. The number of hydrogen-bond acceptors (Lipinski definition) is 3. The molecule has 1 spiro atoms. The molecule has 1 atom stereocenters. The van der Waals surface area contributed by atoms with E-state index in [2.05, 4.69) is 17.2 Å². The van der Waals surface area contributed by atoms with Crippen LogP contribution in [0.2, 0.25) is 5.02 Å². The second-order valence-corrected chi connectivity index (χ2v) is 7.52. The van der Waals surface area contributed by atoms with E-state index in [1.165, 1.54) is 11.1 Å². The van der Waals surface area contributed by atoms with Crippen molar-refractivity contribution >= 4 is 17.5 Å². The average molecular weight is 360 g/mol. The highest BCUT2D eigenvalue weighted by Gasteiger charge is 2.47. The van der Waals surface area contributed by atoms with E-state index >= 15 is 0 Å². The van der Waals surface area contributed by atoms with Crippen LogP contribution < -0.4 is 0 Å². The van der Waals surface area contributed by atoms with Gasteiger partial charge in [-0.15, -0.1) is 0 Å². The monoisotopic (exact) mass is 359 g/mol. The van der Waals surface area contributed by atoms with Gasteiger partial charge >= 0.3 is 0 Å². The van der Waals surface area contributed by atoms with Crippen molar-refractivity contribution in [3.05, 3.63) is 52.8 Å². The number of amides is 1. The summed E-state index contributed by atoms with van der Waals surface area (Å²) in [4.78, 5) is 14.4. The molecule has 1 fully saturated rings. The molecule has 0 saturated carbocycles. The zero-order chi connectivity index (χ0) is 17.4. The van der Waals surface area contributed by atoms with Crippen LogP contribution >= 0.6 is 11.6 Å². The molecule has 0 bridgehead atoms. The molecule has 1 amide bonds. The zero-order valence-corrected chi connectivity index (χ0v) is 14.8. The van der Waals surface area contributed by atoms with Crippen molar-refractivity contribution < 1.29 is 9.90 Å². The number of aromatic nitrogens is 2. The number of hydrogen-bond donors (Lipinski definition) is 1. The maximum atomic E-state index is 12.5. The fourth-order valence-electron chi connectivity index (χ4n) is 4.35. The van der Waals surface area contributed by atoms with E-state index in [0.717, 1.165) is 19.3 Å². The molecule has 1 saturated heterocycles. The van der Waals surface area contributed by atoms with Gasteiger partial charge in [0.2, 0.25) is 5.91 Å². The number of aliphatic hydroxyl groups excluding tert-OH is 1. The second-order valence-electron chi connectivity index (χ2n) is 7.09. The number of carbonyl (C=O) groups is 1. The number of aliphatic hydroxyl groups is 1. The lowest BCUT2D eigenvalue weighted by atomic mass is 9.72. The Balaban J connectivity index is 1.39. The van der Waals surface area contributed by atoms with E-state index in [-0.39, 0.29) is 17.4 Å². The summed E-state index contributed by atoms with van der Waals surface area (Å²) in [5, 5.41) is 15.4. The molecule has 6 heteroatoms. The molecule has 5 nitrogen and oxygen atoms in total. The van der Waals surface area contributed by atoms with Crippen LogP contribution in [-0.4, -0.2) is 44.9 Å². The van der Waals surface area contributed by atoms with Crippen LogP contribution in [0.4, 0.5) is 0 Å². The van der Waals surface area contributed by atoms with Gasteiger partial charge < -0.3 is 10.0 Å². The van der Waals surface area contributed by atoms with Crippen molar-refractivity contribution in [2.45, 2.75) is 43.7 Å². The number of halogens is 1. The minimum atomic E-state index is -0.339. The Labute approximate surface area is 152 Å². The minimum absolute atomic E-state index is 0.141. The number of rotatable bonds is 3. The van der Waals surface area contributed by atoms with Crippen molar-refractivity contribution in [1.29, 1.82) is 0 Å². The predicted molar refractivity (Wildman–Crippen MR) is 95.5 cm³/mol. The highest BCUT2D eigenvalue weighted by atomic mass is 35.5. The summed E-state index contributed by atoms with van der Waals surface area (Å²) >= 11 is 5.85. The third-order valence-electron chi connectivity index (χ3n) is 5.77. The molecule has 1 aliphatic carbocycles. The van der Waals surface area contributed by atoms with E-state index in [9.17, 15) is 9.90 Å². The molecule has 25 heavy (non-hydrogen) atoms. The van der Waals surface area contributed by atoms with Crippen molar-refractivity contribution in [3.8, 4) is 0 Å². The number of likely N-dealkylation sites (tertiary alicyclic amines) is 1. The quantitative estimate of drug-likeness (QED) is 0.915. The highest BCUT2D eigenvalue weighted by molar-refractivity contribution is 6.30. The Kier molecular flexibility index (Phi) is 4.29. The maximum absolute atomic E-state index is 12.5. The molecule has 2 heterocycles. The first-order valence-corrected chi connectivity index (χ1v) is 9.18. The lowest BCUT2D eigenvalue weighted by Crippen LogP contribution is -2.49. The molecule has 1 aliphatic heterocycles. The number of aryl methyl sites for hydroxylation is 1. The van der Waals surface area contributed by atoms with E-state index in [1.54, 1.807) is 17.1 Å². The molecular formula is C19H22ClN3O2. The average Bonchev–Trinajstić information content (AvgIpc) is 3.16. The van der Waals surface area contributed by atoms with Crippen LogP contribution in [0.1, 0.15) is 30.4 Å². The van der Waals surface area contributed by atoms with Gasteiger partial charge in [-0.05, 0) is 30.4 Å². The van der Waals surface area contributed by atoms with E-state index in [4.69, 9.17) is 11.6 Å². The third kappa shape index (κ3) is 2.96. The first-order chi connectivity index (χ1) is 12.1. The van der Waals surface area contributed by atoms with Crippen molar-refractivity contribution in [2.75, 3.05) is 13.1 Å². The molecule has 132 valence electrons. The van der Waals surface area contributed by atoms with Gasteiger partial charge in [0, 0.05) is 37.7 Å². The van der Waals surface area contributed by atoms with E-state index in [1.807, 2.05) is 17.0 Å². The zero-order valence-electron chi connectivity index (χ0n) is 14.1. The molecule has 1 aromatic heterocycles. The molecule has 4 rings (SSSR count). The molecule has 1 N–H and O–H groups in total. The minimum Gasteiger partial charge on any atom is -0.392 e. The van der Waals surface area contributed by atoms with Gasteiger partial charge in [0.15, 0.2) is 0 Å². The third-order valence-corrected chi connectivity index (χ3v) is 5.96. The SMILES string of the molecule is O=C(CCn1cc(Cl)cn1)N1CCC2(CC1)c1ccccc1C[C@@H]2O. The van der Waals surface area contributed by atoms with Crippen LogP contribution in [0.15, 0.2) is 36.7 Å². The summed E-state index contributed by atoms with van der Waals surface area (Å²) in [6.45, 7) is 1.94. The van der Waals surface area contributed by atoms with Gasteiger partial charge in [-0.25, -0.2) is 0 Å². The van der Waals surface area contributed by atoms with Crippen LogP contribution in [0.3, 0.4) is 0 Å². The number of fused-ring (bicyclic) bond motifs is 2. The number of piperidine rings is 1. The Bertz CT molecular complexity index is 780. The first-order valence-electron chi connectivity index (χ1n) is 8.81. The summed E-state index contributed by atoms with van der Waals surface area (Å²) in [5.41, 5.74) is 2.36. The van der Waals surface area contributed by atoms with E-state index < -0.39 is 0 Å². The summed E-state index contributed by atoms with van der Waals surface area (Å²) in [6, 6.07) is 8.33. The standard InChI is InChI=1S/C19H22ClN3O2/c20-15-12-21-23(13-15)8-5-18(25)22-9-6-19(7-10-22)16-4-2-1-3-14(16)11-17(19)24/h1-4,12-13,17,24H,5-11H2/t17-/m0/s1. The van der Waals surface area contributed by atoms with Gasteiger partial charge in [-0.2, -0.15) is 5.10 Å². The lowest BCUT2D eigenvalue weighted by Gasteiger charge is -2.42. The first kappa shape index (κ1) is 16.6. The number of carbonyl (C=O) groups excluding carboxylic acids is 1. The van der Waals surface area contributed by atoms with Gasteiger partial charge in [0.05, 0.1) is 17.3 Å². The number of benzene rings is 1. The van der Waals surface area contributed by atoms with Crippen LogP contribution in [0, 0.1) is 0 Å². The van der Waals surface area contributed by atoms with Gasteiger partial charge in [-0.3, -0.25) is 9.48 Å². The molecule has 2 aliphatic rings. The van der Waals surface area contributed by atoms with Gasteiger partial charge in [0.1, 0.15) is 0 Å². The summed E-state index contributed by atoms with van der Waals surface area (Å²) in [7, 11) is 0. The van der Waals surface area contributed by atoms with Crippen molar-refractivity contribution in [3.63, 3.8) is 0 Å². The van der Waals surface area contributed by atoms with Crippen molar-refractivity contribution in [2.24, 2.45) is 0 Å². The topological polar surface area (TPSA) is 58.4 Å². The largest absolute Gasteiger partial charge is 0.392 e. The Morgan fingerprint density at radius 2 is 2.08 bits per heavy atom. The smallest absolute Gasteiger partial charge is 0.224 e. The summed E-state index contributed by atoms with van der Waals surface area (Å²) in [5.74, 6) is 0.141. The Morgan fingerprint density at radius 1 is 1.32 bits per heavy atom. The fourth-order valence-corrected chi connectivity index (χ4v) is 4.51. The Hall–Kier alpha value is -1.85. The lowest BCUT2D eigenvalue weighted by molar-refractivity contribution is -0.133.